The zero-order chi connectivity index (χ0) is 15.0. The molecule has 0 atom stereocenters. The number of aromatic hydroxyl groups is 1. The number of phenolic OH excluding ortho intramolecular Hbond substituents is 1. The highest BCUT2D eigenvalue weighted by Crippen LogP contribution is 2.33. The Bertz CT molecular complexity index is 835. The van der Waals surface area contributed by atoms with Crippen LogP contribution in [-0.2, 0) is 9.84 Å². The Balaban J connectivity index is 1.86. The minimum absolute atomic E-state index is 0.0560. The van der Waals surface area contributed by atoms with E-state index >= 15 is 0 Å². The van der Waals surface area contributed by atoms with Crippen LogP contribution in [0.5, 0.6) is 11.5 Å². The lowest BCUT2D eigenvalue weighted by Gasteiger charge is -2.07. The molecule has 5 heteroatoms. The Morgan fingerprint density at radius 3 is 2.71 bits per heavy atom. The molecule has 0 aromatic heterocycles. The molecule has 0 bridgehead atoms. The molecule has 0 radical (unpaired) electrons. The van der Waals surface area contributed by atoms with Crippen molar-refractivity contribution < 1.29 is 18.3 Å². The molecule has 108 valence electrons. The van der Waals surface area contributed by atoms with Gasteiger partial charge in [0, 0.05) is 6.07 Å². The topological polar surface area (TPSA) is 63.6 Å². The van der Waals surface area contributed by atoms with Gasteiger partial charge in [-0.05, 0) is 36.8 Å². The first-order valence-corrected chi connectivity index (χ1v) is 7.93. The molecule has 1 N–H and O–H groups in total. The van der Waals surface area contributed by atoms with E-state index in [-0.39, 0.29) is 17.3 Å². The summed E-state index contributed by atoms with van der Waals surface area (Å²) >= 11 is 0. The Hall–Kier alpha value is -2.27. The van der Waals surface area contributed by atoms with Crippen LogP contribution >= 0.6 is 0 Å². The summed E-state index contributed by atoms with van der Waals surface area (Å²) < 4.78 is 30.2. The molecule has 0 amide bonds. The quantitative estimate of drug-likeness (QED) is 0.947. The molecular weight excluding hydrogens is 288 g/mol. The van der Waals surface area contributed by atoms with Crippen LogP contribution in [0.2, 0.25) is 0 Å². The summed E-state index contributed by atoms with van der Waals surface area (Å²) in [4.78, 5) is 0.550. The van der Waals surface area contributed by atoms with Crippen molar-refractivity contribution in [1.82, 2.24) is 0 Å². The third-order valence-electron chi connectivity index (χ3n) is 3.32. The number of phenols is 1. The predicted octanol–water partition coefficient (Wildman–Crippen LogP) is 2.91. The molecule has 1 heterocycles. The summed E-state index contributed by atoms with van der Waals surface area (Å²) in [7, 11) is -3.47. The van der Waals surface area contributed by atoms with Gasteiger partial charge in [0.25, 0.3) is 0 Å². The number of hydrogen-bond donors (Lipinski definition) is 1. The third kappa shape index (κ3) is 2.52. The molecule has 2 aromatic rings. The van der Waals surface area contributed by atoms with Crippen LogP contribution in [0.4, 0.5) is 0 Å². The number of hydrogen-bond acceptors (Lipinski definition) is 4. The number of benzene rings is 2. The van der Waals surface area contributed by atoms with E-state index in [0.29, 0.717) is 16.2 Å². The van der Waals surface area contributed by atoms with Gasteiger partial charge in [-0.25, -0.2) is 8.42 Å². The van der Waals surface area contributed by atoms with Gasteiger partial charge in [0.2, 0.25) is 9.84 Å². The summed E-state index contributed by atoms with van der Waals surface area (Å²) in [6.07, 6.45) is 1.64. The van der Waals surface area contributed by atoms with Gasteiger partial charge in [-0.3, -0.25) is 0 Å². The van der Waals surface area contributed by atoms with E-state index in [0.717, 1.165) is 5.56 Å². The van der Waals surface area contributed by atoms with Crippen LogP contribution in [0.15, 0.2) is 52.3 Å². The number of rotatable bonds is 3. The fourth-order valence-electron chi connectivity index (χ4n) is 2.26. The zero-order valence-corrected chi connectivity index (χ0v) is 12.2. The van der Waals surface area contributed by atoms with Gasteiger partial charge in [0.15, 0.2) is 0 Å². The van der Waals surface area contributed by atoms with E-state index in [1.165, 1.54) is 12.1 Å². The van der Waals surface area contributed by atoms with Crippen molar-refractivity contribution in [2.24, 2.45) is 0 Å². The Morgan fingerprint density at radius 1 is 1.14 bits per heavy atom. The maximum absolute atomic E-state index is 12.4. The van der Waals surface area contributed by atoms with E-state index in [9.17, 15) is 13.5 Å². The second-order valence-corrected chi connectivity index (χ2v) is 6.91. The van der Waals surface area contributed by atoms with Crippen molar-refractivity contribution in [1.29, 1.82) is 0 Å². The maximum Gasteiger partial charge on any atom is 0.206 e. The average molecular weight is 302 g/mol. The highest BCUT2D eigenvalue weighted by molar-refractivity contribution is 7.95. The van der Waals surface area contributed by atoms with E-state index in [2.05, 4.69) is 0 Å². The van der Waals surface area contributed by atoms with E-state index in [1.807, 2.05) is 13.0 Å². The second-order valence-electron chi connectivity index (χ2n) is 4.94. The summed E-state index contributed by atoms with van der Waals surface area (Å²) in [6, 6.07) is 11.5. The van der Waals surface area contributed by atoms with Crippen LogP contribution < -0.4 is 4.74 Å². The summed E-state index contributed by atoms with van der Waals surface area (Å²) in [5.41, 5.74) is 1.71. The molecule has 4 nitrogen and oxygen atoms in total. The minimum Gasteiger partial charge on any atom is -0.508 e. The molecule has 0 saturated carbocycles. The molecule has 0 spiro atoms. The summed E-state index contributed by atoms with van der Waals surface area (Å²) in [6.45, 7) is 1.86. The molecule has 3 rings (SSSR count). The SMILES string of the molecule is Cc1ccc2c(c1)C=C(COc1cccc(O)c1)S2(=O)=O. The number of ether oxygens (including phenoxy) is 1. The molecule has 0 saturated heterocycles. The van der Waals surface area contributed by atoms with Crippen molar-refractivity contribution in [2.45, 2.75) is 11.8 Å². The standard InChI is InChI=1S/C16H14O4S/c1-11-5-6-16-12(7-11)8-15(21(16,18)19)10-20-14-4-2-3-13(17)9-14/h2-9,17H,10H2,1H3. The zero-order valence-electron chi connectivity index (χ0n) is 11.4. The molecule has 0 aliphatic carbocycles. The summed E-state index contributed by atoms with van der Waals surface area (Å²) in [5, 5.41) is 9.37. The lowest BCUT2D eigenvalue weighted by atomic mass is 10.1. The van der Waals surface area contributed by atoms with Gasteiger partial charge in [-0.1, -0.05) is 23.8 Å². The van der Waals surface area contributed by atoms with E-state index < -0.39 is 9.84 Å². The minimum atomic E-state index is -3.47. The number of sulfone groups is 1. The molecule has 1 aliphatic rings. The van der Waals surface area contributed by atoms with Crippen molar-refractivity contribution in [3.63, 3.8) is 0 Å². The first-order chi connectivity index (χ1) is 9.96. The van der Waals surface area contributed by atoms with Crippen LogP contribution in [-0.4, -0.2) is 20.1 Å². The number of fused-ring (bicyclic) bond motifs is 1. The van der Waals surface area contributed by atoms with Gasteiger partial charge >= 0.3 is 0 Å². The highest BCUT2D eigenvalue weighted by Gasteiger charge is 2.29. The fraction of sp³-hybridized carbons (Fsp3) is 0.125. The largest absolute Gasteiger partial charge is 0.508 e. The van der Waals surface area contributed by atoms with Gasteiger partial charge in [0.05, 0.1) is 9.80 Å². The molecule has 2 aromatic carbocycles. The lowest BCUT2D eigenvalue weighted by molar-refractivity contribution is 0.356. The van der Waals surface area contributed by atoms with Crippen LogP contribution in [0.25, 0.3) is 6.08 Å². The third-order valence-corrected chi connectivity index (χ3v) is 5.19. The van der Waals surface area contributed by atoms with Crippen molar-refractivity contribution in [2.75, 3.05) is 6.61 Å². The van der Waals surface area contributed by atoms with Gasteiger partial charge in [-0.15, -0.1) is 0 Å². The Morgan fingerprint density at radius 2 is 1.95 bits per heavy atom. The monoisotopic (exact) mass is 302 g/mol. The van der Waals surface area contributed by atoms with Gasteiger partial charge < -0.3 is 9.84 Å². The first kappa shape index (κ1) is 13.7. The van der Waals surface area contributed by atoms with E-state index in [4.69, 9.17) is 4.74 Å². The Labute approximate surface area is 123 Å². The van der Waals surface area contributed by atoms with Gasteiger partial charge in [-0.2, -0.15) is 0 Å². The van der Waals surface area contributed by atoms with Crippen LogP contribution in [0, 0.1) is 6.92 Å². The number of aryl methyl sites for hydroxylation is 1. The fourth-order valence-corrected chi connectivity index (χ4v) is 3.72. The average Bonchev–Trinajstić information content (AvgIpc) is 2.67. The van der Waals surface area contributed by atoms with Crippen molar-refractivity contribution >= 4 is 15.9 Å². The molecule has 0 unspecified atom stereocenters. The van der Waals surface area contributed by atoms with Crippen LogP contribution in [0.3, 0.4) is 0 Å². The summed E-state index contributed by atoms with van der Waals surface area (Å²) in [5.74, 6) is 0.507. The van der Waals surface area contributed by atoms with Crippen molar-refractivity contribution in [3.8, 4) is 11.5 Å². The smallest absolute Gasteiger partial charge is 0.206 e. The second kappa shape index (κ2) is 4.93. The lowest BCUT2D eigenvalue weighted by Crippen LogP contribution is -2.08. The molecule has 21 heavy (non-hydrogen) atoms. The molecule has 0 fully saturated rings. The van der Waals surface area contributed by atoms with E-state index in [1.54, 1.807) is 30.3 Å². The Kier molecular flexibility index (Phi) is 3.22. The molecular formula is C16H14O4S. The maximum atomic E-state index is 12.4. The highest BCUT2D eigenvalue weighted by atomic mass is 32.2. The predicted molar refractivity (Wildman–Crippen MR) is 79.9 cm³/mol. The van der Waals surface area contributed by atoms with Crippen molar-refractivity contribution in [3.05, 3.63) is 58.5 Å². The van der Waals surface area contributed by atoms with Crippen LogP contribution in [0.1, 0.15) is 11.1 Å². The first-order valence-electron chi connectivity index (χ1n) is 6.45. The van der Waals surface area contributed by atoms with Gasteiger partial charge in [0.1, 0.15) is 18.1 Å². The normalized spacial score (nSPS) is 15.4. The molecule has 1 aliphatic heterocycles.